The topological polar surface area (TPSA) is 33.3 Å². The van der Waals surface area contributed by atoms with Crippen molar-refractivity contribution in [1.82, 2.24) is 10.6 Å². The number of hydrogen-bond acceptors (Lipinski definition) is 3. The Bertz CT molecular complexity index is 108. The third-order valence-electron chi connectivity index (χ3n) is 1.99. The van der Waals surface area contributed by atoms with Crippen LogP contribution in [-0.4, -0.2) is 36.3 Å². The van der Waals surface area contributed by atoms with E-state index in [1.165, 1.54) is 0 Å². The summed E-state index contributed by atoms with van der Waals surface area (Å²) in [5.41, 5.74) is 0. The van der Waals surface area contributed by atoms with E-state index < -0.39 is 0 Å². The smallest absolute Gasteiger partial charge is 0.145 e. The van der Waals surface area contributed by atoms with Crippen molar-refractivity contribution in [1.29, 1.82) is 0 Å². The van der Waals surface area contributed by atoms with Crippen molar-refractivity contribution in [3.8, 4) is 0 Å². The molecule has 0 aromatic heterocycles. The Labute approximate surface area is 85.2 Å². The Balaban J connectivity index is 3.64. The third-order valence-corrected chi connectivity index (χ3v) is 2.32. The lowest BCUT2D eigenvalue weighted by Gasteiger charge is -2.22. The fourth-order valence-corrected chi connectivity index (χ4v) is 2.06. The van der Waals surface area contributed by atoms with E-state index in [0.717, 1.165) is 36.6 Å². The summed E-state index contributed by atoms with van der Waals surface area (Å²) < 4.78 is 5.24. The van der Waals surface area contributed by atoms with Crippen molar-refractivity contribution >= 4 is 10.5 Å². The van der Waals surface area contributed by atoms with Crippen molar-refractivity contribution in [2.24, 2.45) is 5.92 Å². The van der Waals surface area contributed by atoms with Crippen LogP contribution in [0.15, 0.2) is 0 Å². The predicted octanol–water partition coefficient (Wildman–Crippen LogP) is -0.145. The number of hydrogen-bond donors (Lipinski definition) is 2. The van der Waals surface area contributed by atoms with Gasteiger partial charge < -0.3 is 15.1 Å². The first-order valence-electron chi connectivity index (χ1n) is 5.20. The molecule has 0 aliphatic rings. The van der Waals surface area contributed by atoms with Gasteiger partial charge in [0.1, 0.15) is 10.5 Å². The van der Waals surface area contributed by atoms with Crippen LogP contribution < -0.4 is 10.6 Å². The van der Waals surface area contributed by atoms with E-state index in [0.29, 0.717) is 12.1 Å². The average molecular weight is 204 g/mol. The lowest BCUT2D eigenvalue weighted by atomic mass is 10.1. The Kier molecular flexibility index (Phi) is 8.75. The van der Waals surface area contributed by atoms with Gasteiger partial charge in [-0.25, -0.2) is 0 Å². The summed E-state index contributed by atoms with van der Waals surface area (Å²) in [7, 11) is 0.851. The zero-order valence-corrected chi connectivity index (χ0v) is 11.4. The molecule has 0 aromatic carbocycles. The molecular formula is C9H24N2OSi. The Morgan fingerprint density at radius 3 is 2.15 bits per heavy atom. The van der Waals surface area contributed by atoms with Gasteiger partial charge in [-0.3, -0.25) is 0 Å². The standard InChI is InChI=1S/C9H24N2OSi/c1-4-10-9(11-5-2)6-8(3)7-12-13/h8-11H,4-7H2,1-3,13H3. The Morgan fingerprint density at radius 2 is 1.77 bits per heavy atom. The summed E-state index contributed by atoms with van der Waals surface area (Å²) >= 11 is 0. The zero-order valence-electron chi connectivity index (χ0n) is 9.39. The van der Waals surface area contributed by atoms with Crippen molar-refractivity contribution in [2.45, 2.75) is 33.4 Å². The highest BCUT2D eigenvalue weighted by Gasteiger charge is 2.09. The highest BCUT2D eigenvalue weighted by molar-refractivity contribution is 5.97. The largest absolute Gasteiger partial charge is 0.428 e. The summed E-state index contributed by atoms with van der Waals surface area (Å²) in [6.07, 6.45) is 1.59. The van der Waals surface area contributed by atoms with E-state index in [1.54, 1.807) is 0 Å². The molecule has 4 heteroatoms. The van der Waals surface area contributed by atoms with Gasteiger partial charge >= 0.3 is 0 Å². The molecule has 2 N–H and O–H groups in total. The van der Waals surface area contributed by atoms with E-state index in [4.69, 9.17) is 4.43 Å². The summed E-state index contributed by atoms with van der Waals surface area (Å²) in [5.74, 6) is 0.639. The van der Waals surface area contributed by atoms with E-state index in [2.05, 4.69) is 31.4 Å². The maximum atomic E-state index is 5.24. The van der Waals surface area contributed by atoms with Gasteiger partial charge in [-0.05, 0) is 25.4 Å². The van der Waals surface area contributed by atoms with E-state index in [9.17, 15) is 0 Å². The van der Waals surface area contributed by atoms with Crippen LogP contribution in [0.1, 0.15) is 27.2 Å². The third kappa shape index (κ3) is 7.19. The van der Waals surface area contributed by atoms with Gasteiger partial charge in [-0.1, -0.05) is 20.8 Å². The molecule has 0 aliphatic heterocycles. The zero-order chi connectivity index (χ0) is 10.1. The molecule has 0 aromatic rings. The lowest BCUT2D eigenvalue weighted by molar-refractivity contribution is 0.245. The summed E-state index contributed by atoms with van der Waals surface area (Å²) in [5, 5.41) is 6.84. The molecule has 1 unspecified atom stereocenters. The lowest BCUT2D eigenvalue weighted by Crippen LogP contribution is -2.43. The highest BCUT2D eigenvalue weighted by Crippen LogP contribution is 2.04. The van der Waals surface area contributed by atoms with E-state index >= 15 is 0 Å². The quantitative estimate of drug-likeness (QED) is 0.426. The second kappa shape index (κ2) is 8.68. The molecular weight excluding hydrogens is 180 g/mol. The SMILES string of the molecule is CCNC(CC(C)CO[SiH3])NCC. The first-order chi connectivity index (χ1) is 6.24. The van der Waals surface area contributed by atoms with Gasteiger partial charge in [-0.15, -0.1) is 0 Å². The monoisotopic (exact) mass is 204 g/mol. The van der Waals surface area contributed by atoms with Gasteiger partial charge in [0.05, 0.1) is 6.17 Å². The Hall–Kier alpha value is 0.0969. The van der Waals surface area contributed by atoms with Crippen LogP contribution in [0.2, 0.25) is 0 Å². The minimum Gasteiger partial charge on any atom is -0.428 e. The number of rotatable bonds is 8. The first-order valence-corrected chi connectivity index (χ1v) is 6.01. The molecule has 0 heterocycles. The molecule has 3 nitrogen and oxygen atoms in total. The molecule has 1 atom stereocenters. The van der Waals surface area contributed by atoms with Crippen LogP contribution in [0.3, 0.4) is 0 Å². The molecule has 0 rings (SSSR count). The maximum absolute atomic E-state index is 5.24. The molecule has 0 fully saturated rings. The first kappa shape index (κ1) is 13.1. The molecule has 0 bridgehead atoms. The van der Waals surface area contributed by atoms with Gasteiger partial charge in [0.25, 0.3) is 0 Å². The fourth-order valence-electron chi connectivity index (χ4n) is 1.49. The van der Waals surface area contributed by atoms with Gasteiger partial charge in [0.2, 0.25) is 0 Å². The van der Waals surface area contributed by atoms with Crippen LogP contribution in [0.5, 0.6) is 0 Å². The molecule has 0 saturated heterocycles. The van der Waals surface area contributed by atoms with Gasteiger partial charge in [-0.2, -0.15) is 0 Å². The second-order valence-corrected chi connectivity index (χ2v) is 4.04. The summed E-state index contributed by atoms with van der Waals surface area (Å²) in [6.45, 7) is 9.45. The normalized spacial score (nSPS) is 13.8. The molecule has 0 aliphatic carbocycles. The predicted molar refractivity (Wildman–Crippen MR) is 60.8 cm³/mol. The second-order valence-electron chi connectivity index (χ2n) is 3.46. The van der Waals surface area contributed by atoms with Crippen molar-refractivity contribution in [2.75, 3.05) is 19.7 Å². The summed E-state index contributed by atoms with van der Waals surface area (Å²) in [6, 6.07) is 0. The fraction of sp³-hybridized carbons (Fsp3) is 1.00. The van der Waals surface area contributed by atoms with Gasteiger partial charge in [0.15, 0.2) is 0 Å². The Morgan fingerprint density at radius 1 is 1.23 bits per heavy atom. The van der Waals surface area contributed by atoms with Crippen LogP contribution in [0, 0.1) is 5.92 Å². The van der Waals surface area contributed by atoms with Gasteiger partial charge in [0, 0.05) is 6.61 Å². The molecule has 0 saturated carbocycles. The van der Waals surface area contributed by atoms with Crippen LogP contribution in [0.4, 0.5) is 0 Å². The minimum absolute atomic E-state index is 0.446. The van der Waals surface area contributed by atoms with Crippen LogP contribution in [0.25, 0.3) is 0 Å². The van der Waals surface area contributed by atoms with Crippen molar-refractivity contribution in [3.05, 3.63) is 0 Å². The highest BCUT2D eigenvalue weighted by atomic mass is 28.2. The average Bonchev–Trinajstić information content (AvgIpc) is 2.05. The van der Waals surface area contributed by atoms with Crippen molar-refractivity contribution < 1.29 is 4.43 Å². The molecule has 0 spiro atoms. The number of nitrogens with one attached hydrogen (secondary N) is 2. The summed E-state index contributed by atoms with van der Waals surface area (Å²) in [4.78, 5) is 0. The maximum Gasteiger partial charge on any atom is 0.145 e. The van der Waals surface area contributed by atoms with Crippen molar-refractivity contribution in [3.63, 3.8) is 0 Å². The molecule has 0 radical (unpaired) electrons. The van der Waals surface area contributed by atoms with E-state index in [-0.39, 0.29) is 0 Å². The minimum atomic E-state index is 0.446. The molecule has 80 valence electrons. The molecule has 0 amide bonds. The van der Waals surface area contributed by atoms with E-state index in [1.807, 2.05) is 0 Å². The molecule has 13 heavy (non-hydrogen) atoms. The van der Waals surface area contributed by atoms with Crippen LogP contribution >= 0.6 is 0 Å². The van der Waals surface area contributed by atoms with Crippen LogP contribution in [-0.2, 0) is 4.43 Å².